The van der Waals surface area contributed by atoms with Gasteiger partial charge in [-0.25, -0.2) is 0 Å². The number of ketones is 1. The zero-order valence-electron chi connectivity index (χ0n) is 11.5. The van der Waals surface area contributed by atoms with E-state index in [4.69, 9.17) is 4.74 Å². The van der Waals surface area contributed by atoms with Crippen molar-refractivity contribution in [1.29, 1.82) is 0 Å². The molecule has 0 N–H and O–H groups in total. The highest BCUT2D eigenvalue weighted by atomic mass is 79.9. The van der Waals surface area contributed by atoms with Crippen molar-refractivity contribution in [2.45, 2.75) is 19.8 Å². The van der Waals surface area contributed by atoms with E-state index >= 15 is 0 Å². The molecule has 104 valence electrons. The van der Waals surface area contributed by atoms with Crippen LogP contribution < -0.4 is 4.90 Å². The SMILES string of the molecule is COCC(=O)C1(C)CCN(c2cccc(Br)c2)CC1. The zero-order valence-corrected chi connectivity index (χ0v) is 13.1. The molecule has 1 aromatic rings. The van der Waals surface area contributed by atoms with Gasteiger partial charge in [-0.3, -0.25) is 4.79 Å². The summed E-state index contributed by atoms with van der Waals surface area (Å²) in [6, 6.07) is 8.31. The van der Waals surface area contributed by atoms with Crippen LogP contribution in [0.4, 0.5) is 5.69 Å². The molecule has 1 aliphatic heterocycles. The Hall–Kier alpha value is -0.870. The Morgan fingerprint density at radius 3 is 2.68 bits per heavy atom. The molecular weight excluding hydrogens is 306 g/mol. The number of nitrogens with zero attached hydrogens (tertiary/aromatic N) is 1. The van der Waals surface area contributed by atoms with Crippen LogP contribution in [0, 0.1) is 5.41 Å². The van der Waals surface area contributed by atoms with Crippen LogP contribution >= 0.6 is 15.9 Å². The maximum Gasteiger partial charge on any atom is 0.164 e. The number of rotatable bonds is 4. The maximum absolute atomic E-state index is 12.1. The van der Waals surface area contributed by atoms with Crippen molar-refractivity contribution in [3.63, 3.8) is 0 Å². The van der Waals surface area contributed by atoms with Crippen molar-refractivity contribution < 1.29 is 9.53 Å². The van der Waals surface area contributed by atoms with Crippen molar-refractivity contribution in [1.82, 2.24) is 0 Å². The lowest BCUT2D eigenvalue weighted by atomic mass is 9.77. The van der Waals surface area contributed by atoms with Gasteiger partial charge in [-0.15, -0.1) is 0 Å². The monoisotopic (exact) mass is 325 g/mol. The largest absolute Gasteiger partial charge is 0.377 e. The van der Waals surface area contributed by atoms with Gasteiger partial charge in [0, 0.05) is 35.8 Å². The van der Waals surface area contributed by atoms with E-state index in [1.165, 1.54) is 5.69 Å². The number of carbonyl (C=O) groups excluding carboxylic acids is 1. The first-order valence-corrected chi connectivity index (χ1v) is 7.37. The van der Waals surface area contributed by atoms with Gasteiger partial charge in [-0.2, -0.15) is 0 Å². The summed E-state index contributed by atoms with van der Waals surface area (Å²) in [5.74, 6) is 0.226. The first-order chi connectivity index (χ1) is 9.05. The van der Waals surface area contributed by atoms with Crippen LogP contribution in [0.5, 0.6) is 0 Å². The molecule has 0 spiro atoms. The van der Waals surface area contributed by atoms with Gasteiger partial charge >= 0.3 is 0 Å². The molecule has 1 aromatic carbocycles. The van der Waals surface area contributed by atoms with E-state index in [9.17, 15) is 4.79 Å². The lowest BCUT2D eigenvalue weighted by Crippen LogP contribution is -2.43. The third kappa shape index (κ3) is 3.37. The number of hydrogen-bond acceptors (Lipinski definition) is 3. The molecule has 4 heteroatoms. The number of ether oxygens (including phenoxy) is 1. The number of halogens is 1. The molecule has 3 nitrogen and oxygen atoms in total. The number of piperidine rings is 1. The Labute approximate surface area is 123 Å². The fourth-order valence-corrected chi connectivity index (χ4v) is 2.90. The molecule has 19 heavy (non-hydrogen) atoms. The lowest BCUT2D eigenvalue weighted by molar-refractivity contribution is -0.132. The number of hydrogen-bond donors (Lipinski definition) is 0. The van der Waals surface area contributed by atoms with Gasteiger partial charge in [0.1, 0.15) is 6.61 Å². The molecular formula is C15H20BrNO2. The van der Waals surface area contributed by atoms with E-state index in [0.29, 0.717) is 0 Å². The Morgan fingerprint density at radius 1 is 1.42 bits per heavy atom. The Bertz CT molecular complexity index is 453. The van der Waals surface area contributed by atoms with Gasteiger partial charge in [0.15, 0.2) is 5.78 Å². The van der Waals surface area contributed by atoms with Crippen LogP contribution in [0.15, 0.2) is 28.7 Å². The molecule has 1 saturated heterocycles. The summed E-state index contributed by atoms with van der Waals surface area (Å²) >= 11 is 3.50. The molecule has 0 amide bonds. The summed E-state index contributed by atoms with van der Waals surface area (Å²) in [7, 11) is 1.58. The summed E-state index contributed by atoms with van der Waals surface area (Å²) in [6.45, 7) is 4.13. The molecule has 1 heterocycles. The summed E-state index contributed by atoms with van der Waals surface area (Å²) in [4.78, 5) is 14.4. The highest BCUT2D eigenvalue weighted by Crippen LogP contribution is 2.34. The van der Waals surface area contributed by atoms with E-state index in [1.54, 1.807) is 7.11 Å². The van der Waals surface area contributed by atoms with Gasteiger partial charge in [0.05, 0.1) is 0 Å². The highest BCUT2D eigenvalue weighted by molar-refractivity contribution is 9.10. The maximum atomic E-state index is 12.1. The first kappa shape index (κ1) is 14.5. The van der Waals surface area contributed by atoms with Crippen molar-refractivity contribution in [3.05, 3.63) is 28.7 Å². The summed E-state index contributed by atoms with van der Waals surface area (Å²) in [5.41, 5.74) is 0.994. The first-order valence-electron chi connectivity index (χ1n) is 6.58. The fraction of sp³-hybridized carbons (Fsp3) is 0.533. The Morgan fingerprint density at radius 2 is 2.11 bits per heavy atom. The number of methoxy groups -OCH3 is 1. The molecule has 0 radical (unpaired) electrons. The standard InChI is InChI=1S/C15H20BrNO2/c1-15(14(18)11-19-2)6-8-17(9-7-15)13-5-3-4-12(16)10-13/h3-5,10H,6-9,11H2,1-2H3. The van der Waals surface area contributed by atoms with Crippen LogP contribution in [0.1, 0.15) is 19.8 Å². The summed E-state index contributed by atoms with van der Waals surface area (Å²) < 4.78 is 6.07. The smallest absolute Gasteiger partial charge is 0.164 e. The van der Waals surface area contributed by atoms with Crippen molar-refractivity contribution >= 4 is 27.4 Å². The van der Waals surface area contributed by atoms with Gasteiger partial charge < -0.3 is 9.64 Å². The molecule has 0 aliphatic carbocycles. The van der Waals surface area contributed by atoms with Gasteiger partial charge in [-0.05, 0) is 31.0 Å². The van der Waals surface area contributed by atoms with Crippen molar-refractivity contribution in [2.75, 3.05) is 31.7 Å². The normalized spacial score (nSPS) is 18.4. The Kier molecular flexibility index (Phi) is 4.63. The molecule has 0 saturated carbocycles. The van der Waals surface area contributed by atoms with Crippen LogP contribution in [0.3, 0.4) is 0 Å². The van der Waals surface area contributed by atoms with E-state index in [0.717, 1.165) is 30.4 Å². The molecule has 1 aliphatic rings. The Balaban J connectivity index is 2.01. The minimum Gasteiger partial charge on any atom is -0.377 e. The second-order valence-electron chi connectivity index (χ2n) is 5.38. The summed E-state index contributed by atoms with van der Waals surface area (Å²) in [5, 5.41) is 0. The fourth-order valence-electron chi connectivity index (χ4n) is 2.52. The van der Waals surface area contributed by atoms with Crippen molar-refractivity contribution in [2.24, 2.45) is 5.41 Å². The molecule has 2 rings (SSSR count). The number of carbonyl (C=O) groups is 1. The van der Waals surface area contributed by atoms with E-state index in [2.05, 4.69) is 39.9 Å². The van der Waals surface area contributed by atoms with Gasteiger partial charge in [0.2, 0.25) is 0 Å². The zero-order chi connectivity index (χ0) is 13.9. The topological polar surface area (TPSA) is 29.5 Å². The molecule has 0 bridgehead atoms. The van der Waals surface area contributed by atoms with Crippen LogP contribution in [0.25, 0.3) is 0 Å². The van der Waals surface area contributed by atoms with Crippen LogP contribution in [-0.2, 0) is 9.53 Å². The second-order valence-corrected chi connectivity index (χ2v) is 6.30. The summed E-state index contributed by atoms with van der Waals surface area (Å²) in [6.07, 6.45) is 1.78. The van der Waals surface area contributed by atoms with Gasteiger partial charge in [-0.1, -0.05) is 28.9 Å². The average Bonchev–Trinajstić information content (AvgIpc) is 2.40. The predicted molar refractivity (Wildman–Crippen MR) is 80.6 cm³/mol. The number of benzene rings is 1. The number of anilines is 1. The molecule has 0 unspecified atom stereocenters. The minimum atomic E-state index is -0.224. The second kappa shape index (κ2) is 6.06. The van der Waals surface area contributed by atoms with E-state index < -0.39 is 0 Å². The molecule has 0 aromatic heterocycles. The predicted octanol–water partition coefficient (Wildman–Crippen LogP) is 3.27. The van der Waals surface area contributed by atoms with Crippen LogP contribution in [-0.4, -0.2) is 32.6 Å². The van der Waals surface area contributed by atoms with E-state index in [-0.39, 0.29) is 17.8 Å². The number of Topliss-reactive ketones (excluding diaryl/α,β-unsaturated/α-hetero) is 1. The minimum absolute atomic E-state index is 0.224. The third-order valence-corrected chi connectivity index (χ3v) is 4.48. The quantitative estimate of drug-likeness (QED) is 0.850. The average molecular weight is 326 g/mol. The van der Waals surface area contributed by atoms with Gasteiger partial charge in [0.25, 0.3) is 0 Å². The van der Waals surface area contributed by atoms with E-state index in [1.807, 2.05) is 12.1 Å². The lowest BCUT2D eigenvalue weighted by Gasteiger charge is -2.39. The third-order valence-electron chi connectivity index (χ3n) is 3.99. The molecule has 0 atom stereocenters. The van der Waals surface area contributed by atoms with Crippen LogP contribution in [0.2, 0.25) is 0 Å². The highest BCUT2D eigenvalue weighted by Gasteiger charge is 2.36. The molecule has 1 fully saturated rings. The van der Waals surface area contributed by atoms with Crippen molar-refractivity contribution in [3.8, 4) is 0 Å².